The number of hydrogen-bond donors (Lipinski definition) is 0. The van der Waals surface area contributed by atoms with Crippen molar-refractivity contribution in [2.75, 3.05) is 7.11 Å². The average Bonchev–Trinajstić information content (AvgIpc) is 2.73. The number of rotatable bonds is 5. The Kier molecular flexibility index (Phi) is 4.02. The molecule has 1 saturated carbocycles. The molecule has 0 heterocycles. The van der Waals surface area contributed by atoms with Crippen LogP contribution in [0.3, 0.4) is 0 Å². The molecule has 0 radical (unpaired) electrons. The molecule has 1 aromatic carbocycles. The first-order valence-electron chi connectivity index (χ1n) is 6.71. The van der Waals surface area contributed by atoms with Crippen LogP contribution >= 0.6 is 0 Å². The maximum atomic E-state index is 12.1. The van der Waals surface area contributed by atoms with E-state index in [1.165, 1.54) is 0 Å². The minimum atomic E-state index is -0.956. The summed E-state index contributed by atoms with van der Waals surface area (Å²) in [4.78, 5) is 35.7. The zero-order chi connectivity index (χ0) is 14.8. The molecule has 0 aromatic heterocycles. The summed E-state index contributed by atoms with van der Waals surface area (Å²) >= 11 is 0. The van der Waals surface area contributed by atoms with Gasteiger partial charge in [-0.25, -0.2) is 0 Å². The summed E-state index contributed by atoms with van der Waals surface area (Å²) < 4.78 is 5.03. The van der Waals surface area contributed by atoms with Gasteiger partial charge in [0.1, 0.15) is 17.3 Å². The SMILES string of the molecule is COc1ccc(C(=O)CCC2(C)C(=O)CCC2=O)cc1. The van der Waals surface area contributed by atoms with E-state index in [0.29, 0.717) is 30.6 Å². The van der Waals surface area contributed by atoms with Gasteiger partial charge < -0.3 is 4.74 Å². The molecule has 1 aromatic rings. The van der Waals surface area contributed by atoms with Gasteiger partial charge in [0.05, 0.1) is 12.5 Å². The van der Waals surface area contributed by atoms with Crippen molar-refractivity contribution in [2.45, 2.75) is 32.6 Å². The molecule has 0 saturated heterocycles. The van der Waals surface area contributed by atoms with Crippen LogP contribution in [0.15, 0.2) is 24.3 Å². The van der Waals surface area contributed by atoms with E-state index in [4.69, 9.17) is 4.74 Å². The smallest absolute Gasteiger partial charge is 0.162 e. The van der Waals surface area contributed by atoms with Gasteiger partial charge in [-0.15, -0.1) is 0 Å². The topological polar surface area (TPSA) is 60.4 Å². The summed E-state index contributed by atoms with van der Waals surface area (Å²) in [6, 6.07) is 6.84. The van der Waals surface area contributed by atoms with Crippen LogP contribution in [0.25, 0.3) is 0 Å². The maximum Gasteiger partial charge on any atom is 0.162 e. The van der Waals surface area contributed by atoms with E-state index in [9.17, 15) is 14.4 Å². The third kappa shape index (κ3) is 2.64. The van der Waals surface area contributed by atoms with Crippen molar-refractivity contribution in [3.05, 3.63) is 29.8 Å². The summed E-state index contributed by atoms with van der Waals surface area (Å²) in [6.45, 7) is 1.66. The molecule has 0 atom stereocenters. The normalized spacial score (nSPS) is 17.3. The second-order valence-corrected chi connectivity index (χ2v) is 5.33. The maximum absolute atomic E-state index is 12.1. The summed E-state index contributed by atoms with van der Waals surface area (Å²) in [5.74, 6) is 0.561. The number of ketones is 3. The van der Waals surface area contributed by atoms with Crippen LogP contribution in [-0.2, 0) is 9.59 Å². The van der Waals surface area contributed by atoms with Crippen molar-refractivity contribution in [2.24, 2.45) is 5.41 Å². The van der Waals surface area contributed by atoms with E-state index < -0.39 is 5.41 Å². The van der Waals surface area contributed by atoms with Gasteiger partial charge in [-0.05, 0) is 37.6 Å². The van der Waals surface area contributed by atoms with Crippen molar-refractivity contribution in [1.29, 1.82) is 0 Å². The van der Waals surface area contributed by atoms with Gasteiger partial charge in [0.15, 0.2) is 5.78 Å². The Hall–Kier alpha value is -1.97. The van der Waals surface area contributed by atoms with Crippen LogP contribution in [0.4, 0.5) is 0 Å². The van der Waals surface area contributed by atoms with E-state index in [0.717, 1.165) is 0 Å². The first kappa shape index (κ1) is 14.4. The highest BCUT2D eigenvalue weighted by Crippen LogP contribution is 2.35. The van der Waals surface area contributed by atoms with Crippen LogP contribution < -0.4 is 4.74 Å². The predicted molar refractivity (Wildman–Crippen MR) is 73.9 cm³/mol. The van der Waals surface area contributed by atoms with E-state index in [1.54, 1.807) is 38.3 Å². The van der Waals surface area contributed by atoms with Gasteiger partial charge in [0.25, 0.3) is 0 Å². The lowest BCUT2D eigenvalue weighted by atomic mass is 9.81. The molecule has 4 heteroatoms. The quantitative estimate of drug-likeness (QED) is 0.611. The third-order valence-corrected chi connectivity index (χ3v) is 4.07. The minimum absolute atomic E-state index is 0.0370. The molecule has 0 N–H and O–H groups in total. The fraction of sp³-hybridized carbons (Fsp3) is 0.438. The molecule has 0 unspecified atom stereocenters. The highest BCUT2D eigenvalue weighted by molar-refractivity contribution is 6.12. The van der Waals surface area contributed by atoms with Crippen LogP contribution in [-0.4, -0.2) is 24.5 Å². The van der Waals surface area contributed by atoms with Crippen LogP contribution in [0.2, 0.25) is 0 Å². The zero-order valence-corrected chi connectivity index (χ0v) is 11.8. The fourth-order valence-electron chi connectivity index (χ4n) is 2.50. The van der Waals surface area contributed by atoms with Gasteiger partial charge in [0, 0.05) is 24.8 Å². The number of ether oxygens (including phenoxy) is 1. The number of carbonyl (C=O) groups is 3. The second kappa shape index (κ2) is 5.57. The monoisotopic (exact) mass is 274 g/mol. The van der Waals surface area contributed by atoms with Gasteiger partial charge in [-0.3, -0.25) is 14.4 Å². The summed E-state index contributed by atoms with van der Waals surface area (Å²) in [5, 5.41) is 0. The average molecular weight is 274 g/mol. The highest BCUT2D eigenvalue weighted by Gasteiger charge is 2.44. The summed E-state index contributed by atoms with van der Waals surface area (Å²) in [7, 11) is 1.56. The number of methoxy groups -OCH3 is 1. The molecule has 2 rings (SSSR count). The van der Waals surface area contributed by atoms with E-state index in [1.807, 2.05) is 0 Å². The molecule has 1 fully saturated rings. The van der Waals surface area contributed by atoms with Gasteiger partial charge in [-0.2, -0.15) is 0 Å². The van der Waals surface area contributed by atoms with E-state index in [-0.39, 0.29) is 23.8 Å². The fourth-order valence-corrected chi connectivity index (χ4v) is 2.50. The largest absolute Gasteiger partial charge is 0.497 e. The lowest BCUT2D eigenvalue weighted by Crippen LogP contribution is -2.29. The number of hydrogen-bond acceptors (Lipinski definition) is 4. The molecular formula is C16H18O4. The Bertz CT molecular complexity index is 526. The molecule has 106 valence electrons. The molecule has 0 spiro atoms. The Balaban J connectivity index is 2.01. The lowest BCUT2D eigenvalue weighted by Gasteiger charge is -2.19. The molecule has 20 heavy (non-hydrogen) atoms. The minimum Gasteiger partial charge on any atom is -0.497 e. The lowest BCUT2D eigenvalue weighted by molar-refractivity contribution is -0.134. The van der Waals surface area contributed by atoms with Gasteiger partial charge in [0.2, 0.25) is 0 Å². The van der Waals surface area contributed by atoms with Crippen LogP contribution in [0, 0.1) is 5.41 Å². The Labute approximate surface area is 118 Å². The van der Waals surface area contributed by atoms with Crippen LogP contribution in [0.5, 0.6) is 5.75 Å². The van der Waals surface area contributed by atoms with E-state index >= 15 is 0 Å². The predicted octanol–water partition coefficient (Wildman–Crippen LogP) is 2.60. The molecule has 1 aliphatic carbocycles. The van der Waals surface area contributed by atoms with E-state index in [2.05, 4.69) is 0 Å². The number of benzene rings is 1. The van der Waals surface area contributed by atoms with Crippen molar-refractivity contribution in [1.82, 2.24) is 0 Å². The Morgan fingerprint density at radius 1 is 1.15 bits per heavy atom. The molecular weight excluding hydrogens is 256 g/mol. The van der Waals surface area contributed by atoms with Crippen LogP contribution in [0.1, 0.15) is 43.0 Å². The standard InChI is InChI=1S/C16H18O4/c1-16(14(18)7-8-15(16)19)10-9-13(17)11-3-5-12(20-2)6-4-11/h3-6H,7-10H2,1-2H3. The molecule has 0 aliphatic heterocycles. The van der Waals surface area contributed by atoms with Crippen molar-refractivity contribution in [3.63, 3.8) is 0 Å². The van der Waals surface area contributed by atoms with Gasteiger partial charge >= 0.3 is 0 Å². The summed E-state index contributed by atoms with van der Waals surface area (Å²) in [5.41, 5.74) is -0.380. The number of carbonyl (C=O) groups excluding carboxylic acids is 3. The van der Waals surface area contributed by atoms with Gasteiger partial charge in [-0.1, -0.05) is 0 Å². The molecule has 0 bridgehead atoms. The Morgan fingerprint density at radius 2 is 1.70 bits per heavy atom. The molecule has 0 amide bonds. The third-order valence-electron chi connectivity index (χ3n) is 4.07. The van der Waals surface area contributed by atoms with Crippen molar-refractivity contribution < 1.29 is 19.1 Å². The summed E-state index contributed by atoms with van der Waals surface area (Å²) in [6.07, 6.45) is 1.13. The highest BCUT2D eigenvalue weighted by atomic mass is 16.5. The molecule has 1 aliphatic rings. The number of Topliss-reactive ketones (excluding diaryl/α,β-unsaturated/α-hetero) is 3. The second-order valence-electron chi connectivity index (χ2n) is 5.33. The first-order chi connectivity index (χ1) is 9.47. The Morgan fingerprint density at radius 3 is 2.20 bits per heavy atom. The first-order valence-corrected chi connectivity index (χ1v) is 6.71. The molecule has 4 nitrogen and oxygen atoms in total. The van der Waals surface area contributed by atoms with Crippen molar-refractivity contribution in [3.8, 4) is 5.75 Å². The zero-order valence-electron chi connectivity index (χ0n) is 11.8. The van der Waals surface area contributed by atoms with Crippen molar-refractivity contribution >= 4 is 17.3 Å².